The van der Waals surface area contributed by atoms with E-state index in [4.69, 9.17) is 4.74 Å². The van der Waals surface area contributed by atoms with Crippen molar-refractivity contribution < 1.29 is 4.74 Å². The topological polar surface area (TPSA) is 9.23 Å². The van der Waals surface area contributed by atoms with E-state index in [1.807, 2.05) is 0 Å². The van der Waals surface area contributed by atoms with Crippen LogP contribution in [0.4, 0.5) is 0 Å². The van der Waals surface area contributed by atoms with Crippen molar-refractivity contribution in [3.63, 3.8) is 0 Å². The first-order chi connectivity index (χ1) is 4.81. The zero-order chi connectivity index (χ0) is 7.82. The highest BCUT2D eigenvalue weighted by molar-refractivity contribution is 4.94. The molecule has 0 N–H and O–H groups in total. The number of hydrogen-bond acceptors (Lipinski definition) is 1. The zero-order valence-electron chi connectivity index (χ0n) is 7.02. The van der Waals surface area contributed by atoms with Crippen LogP contribution in [0.5, 0.6) is 0 Å². The van der Waals surface area contributed by atoms with Gasteiger partial charge in [0.15, 0.2) is 0 Å². The molecule has 0 aliphatic carbocycles. The van der Waals surface area contributed by atoms with Gasteiger partial charge in [-0.05, 0) is 26.7 Å². The molecular weight excluding hydrogens is 124 g/mol. The van der Waals surface area contributed by atoms with Crippen LogP contribution >= 0.6 is 0 Å². The summed E-state index contributed by atoms with van der Waals surface area (Å²) in [6, 6.07) is 0. The van der Waals surface area contributed by atoms with E-state index in [1.54, 1.807) is 0 Å². The minimum atomic E-state index is 0.789. The molecule has 0 fully saturated rings. The number of rotatable bonds is 5. The largest absolute Gasteiger partial charge is 0.381 e. The Morgan fingerprint density at radius 1 is 1.50 bits per heavy atom. The fourth-order valence-electron chi connectivity index (χ4n) is 0.582. The Balaban J connectivity index is 3.04. The molecule has 0 saturated heterocycles. The van der Waals surface area contributed by atoms with Crippen LogP contribution in [0.15, 0.2) is 11.6 Å². The maximum Gasteiger partial charge on any atom is 0.0503 e. The van der Waals surface area contributed by atoms with Crippen molar-refractivity contribution in [3.05, 3.63) is 18.6 Å². The Bertz CT molecular complexity index is 94.9. The number of allylic oxidation sites excluding steroid dienone is 1. The minimum Gasteiger partial charge on any atom is -0.381 e. The zero-order valence-corrected chi connectivity index (χ0v) is 7.02. The van der Waals surface area contributed by atoms with Gasteiger partial charge in [0, 0.05) is 6.61 Å². The van der Waals surface area contributed by atoms with Gasteiger partial charge in [-0.2, -0.15) is 0 Å². The van der Waals surface area contributed by atoms with Crippen LogP contribution in [0, 0.1) is 6.92 Å². The molecule has 0 spiro atoms. The van der Waals surface area contributed by atoms with Crippen molar-refractivity contribution in [2.24, 2.45) is 0 Å². The van der Waals surface area contributed by atoms with Crippen molar-refractivity contribution in [2.45, 2.75) is 26.7 Å². The highest BCUT2D eigenvalue weighted by atomic mass is 16.5. The molecule has 0 saturated carbocycles. The summed E-state index contributed by atoms with van der Waals surface area (Å²) >= 11 is 0. The fraction of sp³-hybridized carbons (Fsp3) is 0.667. The Labute approximate surface area is 64.1 Å². The standard InChI is InChI=1S/C9H17O/c1-4-7-10-8-6-9(3)5-2/h5H,1,4,6-8H2,2-3H3. The Kier molecular flexibility index (Phi) is 6.61. The van der Waals surface area contributed by atoms with Crippen LogP contribution in [0.2, 0.25) is 0 Å². The van der Waals surface area contributed by atoms with Gasteiger partial charge in [0.05, 0.1) is 6.61 Å². The average Bonchev–Trinajstić information content (AvgIpc) is 1.98. The fourth-order valence-corrected chi connectivity index (χ4v) is 0.582. The molecule has 1 heteroatoms. The molecule has 0 aromatic heterocycles. The second-order valence-corrected chi connectivity index (χ2v) is 2.35. The Hall–Kier alpha value is -0.300. The van der Waals surface area contributed by atoms with E-state index in [0.29, 0.717) is 0 Å². The number of hydrogen-bond donors (Lipinski definition) is 0. The summed E-state index contributed by atoms with van der Waals surface area (Å²) in [6.45, 7) is 9.48. The summed E-state index contributed by atoms with van der Waals surface area (Å²) in [4.78, 5) is 0. The van der Waals surface area contributed by atoms with Crippen LogP contribution in [0.3, 0.4) is 0 Å². The Morgan fingerprint density at radius 3 is 2.70 bits per heavy atom. The van der Waals surface area contributed by atoms with Gasteiger partial charge in [-0.1, -0.05) is 18.6 Å². The lowest BCUT2D eigenvalue weighted by molar-refractivity contribution is 0.141. The third kappa shape index (κ3) is 5.83. The van der Waals surface area contributed by atoms with Gasteiger partial charge in [-0.25, -0.2) is 0 Å². The van der Waals surface area contributed by atoms with E-state index < -0.39 is 0 Å². The van der Waals surface area contributed by atoms with Gasteiger partial charge >= 0.3 is 0 Å². The van der Waals surface area contributed by atoms with Crippen molar-refractivity contribution in [2.75, 3.05) is 13.2 Å². The highest BCUT2D eigenvalue weighted by Crippen LogP contribution is 1.98. The summed E-state index contributed by atoms with van der Waals surface area (Å²) in [5, 5.41) is 0. The van der Waals surface area contributed by atoms with E-state index in [9.17, 15) is 0 Å². The van der Waals surface area contributed by atoms with Crippen molar-refractivity contribution in [1.82, 2.24) is 0 Å². The molecule has 0 rings (SSSR count). The molecule has 59 valence electrons. The van der Waals surface area contributed by atoms with Crippen molar-refractivity contribution in [1.29, 1.82) is 0 Å². The molecule has 0 atom stereocenters. The van der Waals surface area contributed by atoms with Crippen LogP contribution in [-0.4, -0.2) is 13.2 Å². The predicted molar refractivity (Wildman–Crippen MR) is 44.8 cm³/mol. The molecule has 0 aliphatic heterocycles. The molecule has 1 radical (unpaired) electrons. The van der Waals surface area contributed by atoms with Crippen LogP contribution in [-0.2, 0) is 4.74 Å². The molecule has 10 heavy (non-hydrogen) atoms. The molecule has 0 aliphatic rings. The Morgan fingerprint density at radius 2 is 2.20 bits per heavy atom. The lowest BCUT2D eigenvalue weighted by Crippen LogP contribution is -1.95. The minimum absolute atomic E-state index is 0.789. The summed E-state index contributed by atoms with van der Waals surface area (Å²) in [5.41, 5.74) is 1.39. The third-order valence-corrected chi connectivity index (χ3v) is 1.42. The summed E-state index contributed by atoms with van der Waals surface area (Å²) < 4.78 is 5.25. The van der Waals surface area contributed by atoms with Gasteiger partial charge in [0.25, 0.3) is 0 Å². The molecule has 0 amide bonds. The highest BCUT2D eigenvalue weighted by Gasteiger charge is 1.87. The van der Waals surface area contributed by atoms with Crippen molar-refractivity contribution in [3.8, 4) is 0 Å². The quantitative estimate of drug-likeness (QED) is 0.422. The predicted octanol–water partition coefficient (Wildman–Crippen LogP) is 2.58. The second kappa shape index (κ2) is 6.81. The maximum atomic E-state index is 5.25. The van der Waals surface area contributed by atoms with Gasteiger partial charge in [-0.3, -0.25) is 0 Å². The SMILES string of the molecule is [CH2]CCOCCC(C)=CC. The van der Waals surface area contributed by atoms with E-state index in [0.717, 1.165) is 26.1 Å². The maximum absolute atomic E-state index is 5.25. The van der Waals surface area contributed by atoms with E-state index >= 15 is 0 Å². The number of ether oxygens (including phenoxy) is 1. The summed E-state index contributed by atoms with van der Waals surface area (Å²) in [7, 11) is 0. The average molecular weight is 141 g/mol. The van der Waals surface area contributed by atoms with E-state index in [2.05, 4.69) is 26.8 Å². The van der Waals surface area contributed by atoms with Gasteiger partial charge in [0.2, 0.25) is 0 Å². The molecule has 0 unspecified atom stereocenters. The molecule has 0 aromatic rings. The molecule has 0 heterocycles. The van der Waals surface area contributed by atoms with Crippen LogP contribution in [0.1, 0.15) is 26.7 Å². The summed E-state index contributed by atoms with van der Waals surface area (Å²) in [6.07, 6.45) is 4.04. The van der Waals surface area contributed by atoms with Crippen LogP contribution < -0.4 is 0 Å². The lowest BCUT2D eigenvalue weighted by atomic mass is 10.2. The summed E-state index contributed by atoms with van der Waals surface area (Å²) in [5.74, 6) is 0. The first kappa shape index (κ1) is 9.70. The van der Waals surface area contributed by atoms with E-state index in [-0.39, 0.29) is 0 Å². The second-order valence-electron chi connectivity index (χ2n) is 2.35. The molecular formula is C9H17O. The normalized spacial score (nSPS) is 12.1. The third-order valence-electron chi connectivity index (χ3n) is 1.42. The van der Waals surface area contributed by atoms with Gasteiger partial charge < -0.3 is 4.74 Å². The molecule has 0 aromatic carbocycles. The smallest absolute Gasteiger partial charge is 0.0503 e. The van der Waals surface area contributed by atoms with Gasteiger partial charge in [-0.15, -0.1) is 0 Å². The molecule has 1 nitrogen and oxygen atoms in total. The van der Waals surface area contributed by atoms with Crippen LogP contribution in [0.25, 0.3) is 0 Å². The van der Waals surface area contributed by atoms with Gasteiger partial charge in [0.1, 0.15) is 0 Å². The van der Waals surface area contributed by atoms with Crippen molar-refractivity contribution >= 4 is 0 Å². The molecule has 0 bridgehead atoms. The van der Waals surface area contributed by atoms with E-state index in [1.165, 1.54) is 5.57 Å². The monoisotopic (exact) mass is 141 g/mol. The first-order valence-corrected chi connectivity index (χ1v) is 3.80. The first-order valence-electron chi connectivity index (χ1n) is 3.80. The lowest BCUT2D eigenvalue weighted by Gasteiger charge is -2.01.